The summed E-state index contributed by atoms with van der Waals surface area (Å²) in [7, 11) is 0. The molecular formula is C8H14FNO. The lowest BCUT2D eigenvalue weighted by Crippen LogP contribution is -1.93. The topological polar surface area (TPSA) is 35.2 Å². The monoisotopic (exact) mass is 159 g/mol. The maximum atomic E-state index is 11.4. The van der Waals surface area contributed by atoms with Gasteiger partial charge in [0.25, 0.3) is 0 Å². The average molecular weight is 159 g/mol. The van der Waals surface area contributed by atoms with E-state index in [9.17, 15) is 4.39 Å². The van der Waals surface area contributed by atoms with Crippen LogP contribution in [0.1, 0.15) is 13.3 Å². The molecule has 0 saturated carbocycles. The highest BCUT2D eigenvalue weighted by Gasteiger charge is 1.80. The van der Waals surface area contributed by atoms with Crippen LogP contribution in [0.4, 0.5) is 4.39 Å². The lowest BCUT2D eigenvalue weighted by Gasteiger charge is -1.92. The third-order valence-corrected chi connectivity index (χ3v) is 1.04. The van der Waals surface area contributed by atoms with Gasteiger partial charge in [0.2, 0.25) is 0 Å². The molecule has 0 atom stereocenters. The summed E-state index contributed by atoms with van der Waals surface area (Å²) in [5.41, 5.74) is 6.18. The van der Waals surface area contributed by atoms with Crippen molar-refractivity contribution in [2.45, 2.75) is 13.3 Å². The van der Waals surface area contributed by atoms with Gasteiger partial charge >= 0.3 is 0 Å². The molecule has 3 heteroatoms. The number of halogens is 1. The minimum Gasteiger partial charge on any atom is -0.399 e. The van der Waals surface area contributed by atoms with Crippen LogP contribution in [0.25, 0.3) is 0 Å². The lowest BCUT2D eigenvalue weighted by atomic mass is 10.3. The van der Waals surface area contributed by atoms with Crippen molar-refractivity contribution in [2.24, 2.45) is 5.73 Å². The summed E-state index contributed by atoms with van der Waals surface area (Å²) in [4.78, 5) is 0. The number of hydrogen-bond acceptors (Lipinski definition) is 2. The largest absolute Gasteiger partial charge is 0.399 e. The average Bonchev–Trinajstić information content (AvgIpc) is 1.99. The van der Waals surface area contributed by atoms with Crippen molar-refractivity contribution in [3.63, 3.8) is 0 Å². The molecule has 0 aliphatic rings. The molecule has 0 aromatic heterocycles. The van der Waals surface area contributed by atoms with Gasteiger partial charge in [-0.15, -0.1) is 0 Å². The molecule has 0 bridgehead atoms. The second-order valence-corrected chi connectivity index (χ2v) is 1.99. The predicted molar refractivity (Wildman–Crippen MR) is 43.6 cm³/mol. The molecule has 0 spiro atoms. The number of hydrogen-bond donors (Lipinski definition) is 1. The van der Waals surface area contributed by atoms with Crippen molar-refractivity contribution < 1.29 is 9.13 Å². The Hall–Kier alpha value is -0.830. The fourth-order valence-corrected chi connectivity index (χ4v) is 0.601. The van der Waals surface area contributed by atoms with Gasteiger partial charge < -0.3 is 10.5 Å². The van der Waals surface area contributed by atoms with Gasteiger partial charge in [0, 0.05) is 5.70 Å². The first-order valence-electron chi connectivity index (χ1n) is 3.57. The molecule has 0 unspecified atom stereocenters. The summed E-state index contributed by atoms with van der Waals surface area (Å²) in [6, 6.07) is 0. The Labute approximate surface area is 66.5 Å². The second-order valence-electron chi connectivity index (χ2n) is 1.99. The molecule has 0 aromatic carbocycles. The molecule has 0 heterocycles. The first kappa shape index (κ1) is 10.2. The molecule has 0 aliphatic heterocycles. The van der Waals surface area contributed by atoms with Gasteiger partial charge in [-0.3, -0.25) is 0 Å². The SMILES string of the molecule is CC/C=C(N)\C=C/COCF. The molecule has 0 fully saturated rings. The van der Waals surface area contributed by atoms with Crippen molar-refractivity contribution in [2.75, 3.05) is 13.5 Å². The van der Waals surface area contributed by atoms with Crippen LogP contribution in [-0.4, -0.2) is 13.5 Å². The van der Waals surface area contributed by atoms with Gasteiger partial charge in [-0.25, -0.2) is 4.39 Å². The van der Waals surface area contributed by atoms with Crippen molar-refractivity contribution >= 4 is 0 Å². The minimum absolute atomic E-state index is 0.273. The van der Waals surface area contributed by atoms with E-state index in [1.165, 1.54) is 0 Å². The highest BCUT2D eigenvalue weighted by molar-refractivity contribution is 5.14. The van der Waals surface area contributed by atoms with Gasteiger partial charge in [-0.05, 0) is 12.5 Å². The van der Waals surface area contributed by atoms with Crippen LogP contribution in [0.15, 0.2) is 23.9 Å². The van der Waals surface area contributed by atoms with Crippen LogP contribution in [0.5, 0.6) is 0 Å². The predicted octanol–water partition coefficient (Wildman–Crippen LogP) is 1.74. The number of allylic oxidation sites excluding steroid dienone is 2. The van der Waals surface area contributed by atoms with Crippen molar-refractivity contribution in [1.29, 1.82) is 0 Å². The lowest BCUT2D eigenvalue weighted by molar-refractivity contribution is 0.0777. The zero-order valence-corrected chi connectivity index (χ0v) is 6.72. The number of nitrogens with two attached hydrogens (primary N) is 1. The zero-order chi connectivity index (χ0) is 8.53. The Bertz CT molecular complexity index is 143. The Morgan fingerprint density at radius 3 is 2.91 bits per heavy atom. The van der Waals surface area contributed by atoms with Crippen LogP contribution >= 0.6 is 0 Å². The third-order valence-electron chi connectivity index (χ3n) is 1.04. The molecule has 0 aliphatic carbocycles. The molecule has 64 valence electrons. The molecule has 2 N–H and O–H groups in total. The summed E-state index contributed by atoms with van der Waals surface area (Å²) < 4.78 is 15.8. The molecule has 2 nitrogen and oxygen atoms in total. The fourth-order valence-electron chi connectivity index (χ4n) is 0.601. The van der Waals surface area contributed by atoms with E-state index in [1.807, 2.05) is 13.0 Å². The normalized spacial score (nSPS) is 12.7. The fraction of sp³-hybridized carbons (Fsp3) is 0.500. The maximum absolute atomic E-state index is 11.4. The molecule has 11 heavy (non-hydrogen) atoms. The van der Waals surface area contributed by atoms with Gasteiger partial charge in [0.15, 0.2) is 6.86 Å². The second kappa shape index (κ2) is 7.28. The number of ether oxygens (including phenoxy) is 1. The van der Waals surface area contributed by atoms with Crippen LogP contribution < -0.4 is 5.73 Å². The molecule has 0 saturated heterocycles. The highest BCUT2D eigenvalue weighted by Crippen LogP contribution is 1.90. The van der Waals surface area contributed by atoms with Crippen molar-refractivity contribution in [3.8, 4) is 0 Å². The van der Waals surface area contributed by atoms with Gasteiger partial charge in [0.05, 0.1) is 6.61 Å². The molecule has 0 radical (unpaired) electrons. The van der Waals surface area contributed by atoms with Crippen LogP contribution in [0.3, 0.4) is 0 Å². The van der Waals surface area contributed by atoms with Crippen molar-refractivity contribution in [1.82, 2.24) is 0 Å². The van der Waals surface area contributed by atoms with Gasteiger partial charge in [0.1, 0.15) is 0 Å². The van der Waals surface area contributed by atoms with E-state index >= 15 is 0 Å². The highest BCUT2D eigenvalue weighted by atomic mass is 19.1. The zero-order valence-electron chi connectivity index (χ0n) is 6.72. The van der Waals surface area contributed by atoms with Crippen LogP contribution in [0.2, 0.25) is 0 Å². The summed E-state index contributed by atoms with van der Waals surface area (Å²) in [5.74, 6) is 0. The summed E-state index contributed by atoms with van der Waals surface area (Å²) in [5, 5.41) is 0. The first-order chi connectivity index (χ1) is 5.31. The van der Waals surface area contributed by atoms with Gasteiger partial charge in [-0.2, -0.15) is 0 Å². The summed E-state index contributed by atoms with van der Waals surface area (Å²) >= 11 is 0. The first-order valence-corrected chi connectivity index (χ1v) is 3.57. The van der Waals surface area contributed by atoms with Crippen LogP contribution in [0, 0.1) is 0 Å². The van der Waals surface area contributed by atoms with E-state index in [0.29, 0.717) is 5.70 Å². The standard InChI is InChI=1S/C8H14FNO/c1-2-4-8(10)5-3-6-11-7-9/h3-5H,2,6-7,10H2,1H3/b5-3-,8-4+. The third kappa shape index (κ3) is 7.06. The molecule has 0 amide bonds. The Morgan fingerprint density at radius 2 is 2.36 bits per heavy atom. The van der Waals surface area contributed by atoms with E-state index in [0.717, 1.165) is 6.42 Å². The van der Waals surface area contributed by atoms with Gasteiger partial charge in [-0.1, -0.05) is 19.1 Å². The summed E-state index contributed by atoms with van der Waals surface area (Å²) in [6.07, 6.45) is 6.17. The minimum atomic E-state index is -0.748. The van der Waals surface area contributed by atoms with E-state index in [-0.39, 0.29) is 6.61 Å². The van der Waals surface area contributed by atoms with E-state index in [4.69, 9.17) is 5.73 Å². The Balaban J connectivity index is 3.48. The molecule has 0 aromatic rings. The van der Waals surface area contributed by atoms with Crippen LogP contribution in [-0.2, 0) is 4.74 Å². The maximum Gasteiger partial charge on any atom is 0.188 e. The number of rotatable bonds is 5. The smallest absolute Gasteiger partial charge is 0.188 e. The van der Waals surface area contributed by atoms with E-state index < -0.39 is 6.86 Å². The number of alkyl halides is 1. The Kier molecular flexibility index (Phi) is 6.73. The Morgan fingerprint density at radius 1 is 1.64 bits per heavy atom. The van der Waals surface area contributed by atoms with E-state index in [2.05, 4.69) is 4.74 Å². The van der Waals surface area contributed by atoms with E-state index in [1.54, 1.807) is 12.2 Å². The van der Waals surface area contributed by atoms with Crippen molar-refractivity contribution in [3.05, 3.63) is 23.9 Å². The molecular weight excluding hydrogens is 145 g/mol. The quantitative estimate of drug-likeness (QED) is 0.490. The summed E-state index contributed by atoms with van der Waals surface area (Å²) in [6.45, 7) is 1.52. The molecule has 0 rings (SSSR count).